The second kappa shape index (κ2) is 65.3. The van der Waals surface area contributed by atoms with E-state index in [-0.39, 0.29) is 91.5 Å². The average molecular weight is 2280 g/mol. The summed E-state index contributed by atoms with van der Waals surface area (Å²) in [5.74, 6) is -2.24. The summed E-state index contributed by atoms with van der Waals surface area (Å²) in [6, 6.07) is 117. The normalized spacial score (nSPS) is 13.4. The second-order valence-electron chi connectivity index (χ2n) is 31.7. The maximum Gasteiger partial charge on any atom is 1.00 e. The van der Waals surface area contributed by atoms with E-state index in [4.69, 9.17) is 142 Å². The van der Waals surface area contributed by atoms with Crippen LogP contribution in [0, 0.1) is 0 Å². The number of aliphatic hydroxyl groups excluding tert-OH is 1. The Morgan fingerprint density at radius 1 is 0.444 bits per heavy atom. The molecule has 15 aromatic carbocycles. The van der Waals surface area contributed by atoms with Crippen molar-refractivity contribution in [2.45, 2.75) is 88.7 Å². The second-order valence-corrected chi connectivity index (χ2v) is 43.2. The minimum atomic E-state index is -1.72. The number of aryl methyl sites for hydroxylation is 8. The van der Waals surface area contributed by atoms with Crippen LogP contribution in [0.3, 0.4) is 0 Å². The number of alkyl halides is 2. The summed E-state index contributed by atoms with van der Waals surface area (Å²) in [4.78, 5) is 68.7. The van der Waals surface area contributed by atoms with Gasteiger partial charge in [0.25, 0.3) is 0 Å². The van der Waals surface area contributed by atoms with E-state index in [1.165, 1.54) is 67.0 Å². The van der Waals surface area contributed by atoms with Gasteiger partial charge in [-0.2, -0.15) is 7.11 Å². The molecule has 4 aliphatic rings. The Hall–Kier alpha value is -9.47. The van der Waals surface area contributed by atoms with E-state index in [9.17, 15) is 33.9 Å². The van der Waals surface area contributed by atoms with E-state index < -0.39 is 43.3 Å². The van der Waals surface area contributed by atoms with E-state index >= 15 is 0 Å². The number of alkyl carbamates (subject to hydrolysis) is 1. The number of cyclic esters (lactones) is 1. The zero-order valence-corrected chi connectivity index (χ0v) is 92.0. The number of aldehydes is 1. The SMILES string of the molecule is C.CI.C[O-].ClCc1cccc(Cl)c1.NCC(O)C1c2ccccc2CCc2cc(Cl)ccc21.O=C(O)c1ccccc1/C=C/c1cccc(Cl)c1.O=C(O)c1ccccc1CCc1cccc(Cl)c1.O=C1NCC(C2c3ccccc3CCc3cc(Cl)ccc32)O1.O=C1c2ccccc2CCc2cc(Cl)ccc21.O=Cc1ccccc1C(=O)O.[Cl][Al]([Cl])[Cl].[HH].[Na+].c1ccc(P(c2ccccc2)c2ccccc2)cc1. The first-order valence-electron chi connectivity index (χ1n) is 44.8. The number of ketones is 1. The number of carboxylic acids is 3. The standard InChI is InChI=1S/C18H16ClNO2.C18H15P.C17H18ClNO.C15H13ClO2.C15H11ClO2.C15H11ClO.C8H6O3.C7H6Cl2.CH3I.CH3O.CH4.Al.3ClH.Na.H2/c19-13-7-8-15-12(9-13)6-5-11-3-1-2-4-14(11)17(15)16-10-20-18(21)22-16;1-4-10-16(11-5-1)19(17-12-6-2-7-13-17)18-14-8-3-9-15-18;18-13-7-8-15-12(9-13)6-5-11-3-1-2-4-14(11)17(15)16(20)10-19;2*16-13-6-3-4-11(10-13)8-9-12-5-1-2-7-14(12)15(17)18;16-12-7-8-14-11(9-12)6-5-10-3-1-2-4-13(10)15(14)17;9-5-6-3-1-2-4-7(6)8(10)11;8-5-6-2-1-3-7(9)4-6;2*1-2;;;;;;;/h1-4,7-9,16-17H,5-6,10H2,(H,20,21);1-15H;1-4,7-9,16-17,20H,5-6,10,19H2;1-7,10H,8-9H2,(H,17,18);1-10H,(H,17,18);1-4,7-9H,5-6H2;1-5H,(H,10,11);1-4H,5H2;2*1H3;1H4;;3*1H;;1H/q;;;;;;;;;-1;;+3;;;;+1;/p-3/b;;;;9-8+;;;;;;;;;;;;. The molecule has 0 bridgehead atoms. The van der Waals surface area contributed by atoms with Crippen LogP contribution in [0.2, 0.25) is 30.1 Å². The number of aromatic carboxylic acids is 3. The molecule has 19 rings (SSSR count). The molecular weight excluding hydrogens is 2180 g/mol. The van der Waals surface area contributed by atoms with Crippen molar-refractivity contribution in [3.8, 4) is 0 Å². The predicted molar refractivity (Wildman–Crippen MR) is 605 cm³/mol. The van der Waals surface area contributed by atoms with Gasteiger partial charge in [0.15, 0.2) is 12.1 Å². The molecule has 144 heavy (non-hydrogen) atoms. The number of carbonyl (C=O) groups excluding carboxylic acids is 3. The summed E-state index contributed by atoms with van der Waals surface area (Å²) in [6.45, 7) is 0.793. The first-order valence-corrected chi connectivity index (χ1v) is 56.3. The first kappa shape index (κ1) is 121. The molecule has 0 spiro atoms. The third-order valence-electron chi connectivity index (χ3n) is 22.6. The molecule has 7 N–H and O–H groups in total. The van der Waals surface area contributed by atoms with Crippen LogP contribution in [0.15, 0.2) is 364 Å². The van der Waals surface area contributed by atoms with E-state index in [1.54, 1.807) is 60.7 Å². The average Bonchev–Trinajstić information content (AvgIpc) is 1.64. The van der Waals surface area contributed by atoms with E-state index in [0.29, 0.717) is 51.3 Å². The molecular formula is C116H108AlCl10IN2NaO12P. The van der Waals surface area contributed by atoms with Crippen LogP contribution < -0.4 is 61.6 Å². The molecule has 0 aromatic heterocycles. The molecule has 1 heterocycles. The van der Waals surface area contributed by atoms with Gasteiger partial charge in [-0.25, -0.2) is 49.3 Å². The number of fused-ring (bicyclic) bond motifs is 6. The van der Waals surface area contributed by atoms with Gasteiger partial charge >= 0.3 is 64.9 Å². The topological polar surface area (TPSA) is 254 Å². The maximum atomic E-state index is 12.4. The Balaban J connectivity index is 0.000000252. The first-order chi connectivity index (χ1) is 68.8. The Morgan fingerprint density at radius 2 is 0.826 bits per heavy atom. The smallest absolute Gasteiger partial charge is 0.857 e. The molecule has 1 aliphatic heterocycles. The van der Waals surface area contributed by atoms with Crippen LogP contribution in [0.5, 0.6) is 0 Å². The van der Waals surface area contributed by atoms with Crippen LogP contribution in [0.1, 0.15) is 161 Å². The Kier molecular flexibility index (Phi) is 55.1. The molecule has 0 radical (unpaired) electrons. The van der Waals surface area contributed by atoms with Gasteiger partial charge in [0.2, 0.25) is 0 Å². The quantitative estimate of drug-likeness (QED) is 0.0132. The van der Waals surface area contributed by atoms with Crippen molar-refractivity contribution in [2.75, 3.05) is 25.1 Å². The van der Waals surface area contributed by atoms with Gasteiger partial charge in [-0.15, -0.1) is 11.6 Å². The number of hydrogen-bond acceptors (Lipinski definition) is 10. The summed E-state index contributed by atoms with van der Waals surface area (Å²) in [6.07, 6.45) is 10.2. The molecule has 1 saturated heterocycles. The summed E-state index contributed by atoms with van der Waals surface area (Å²) < 4.78 is 5.52. The van der Waals surface area contributed by atoms with Crippen molar-refractivity contribution in [3.05, 3.63) is 511 Å². The van der Waals surface area contributed by atoms with Gasteiger partial charge < -0.3 is 41.3 Å². The van der Waals surface area contributed by atoms with Gasteiger partial charge in [0, 0.05) is 72.5 Å². The number of nitrogens with two attached hydrogens (primary N) is 1. The third kappa shape index (κ3) is 38.0. The number of halogens is 11. The molecule has 4 unspecified atom stereocenters. The van der Waals surface area contributed by atoms with Crippen LogP contribution >= 0.6 is 142 Å². The number of aliphatic hydroxyl groups is 1. The largest absolute Gasteiger partial charge is 1.00 e. The third-order valence-corrected chi connectivity index (χ3v) is 26.8. The number of carboxylic acid groups (broad SMARTS) is 3. The van der Waals surface area contributed by atoms with Gasteiger partial charge in [-0.1, -0.05) is 379 Å². The van der Waals surface area contributed by atoms with Gasteiger partial charge in [0.05, 0.1) is 29.3 Å². The van der Waals surface area contributed by atoms with Gasteiger partial charge in [-0.3, -0.25) is 9.59 Å². The van der Waals surface area contributed by atoms with E-state index in [2.05, 4.69) is 161 Å². The summed E-state index contributed by atoms with van der Waals surface area (Å²) >= 11 is 41.7. The molecule has 15 aromatic rings. The zero-order valence-electron chi connectivity index (χ0n) is 78.3. The molecule has 740 valence electrons. The zero-order chi connectivity index (χ0) is 102. The van der Waals surface area contributed by atoms with Crippen LogP contribution in [-0.2, 0) is 62.0 Å². The number of carbonyl (C=O) groups is 6. The molecule has 0 saturated carbocycles. The minimum absolute atomic E-state index is 0. The number of rotatable bonds is 16. The van der Waals surface area contributed by atoms with Crippen molar-refractivity contribution < 1.29 is 90.0 Å². The Morgan fingerprint density at radius 3 is 1.33 bits per heavy atom. The number of benzene rings is 15. The molecule has 1 fully saturated rings. The molecule has 4 atom stereocenters. The van der Waals surface area contributed by atoms with E-state index in [1.807, 2.05) is 175 Å². The fraction of sp³-hybridized carbons (Fsp3) is 0.155. The van der Waals surface area contributed by atoms with Crippen molar-refractivity contribution in [1.82, 2.24) is 5.32 Å². The summed E-state index contributed by atoms with van der Waals surface area (Å²) in [5.41, 5.74) is 25.0. The monoisotopic (exact) mass is 2280 g/mol. The summed E-state index contributed by atoms with van der Waals surface area (Å²) in [5, 5.41) is 56.6. The number of amides is 1. The molecule has 1 amide bonds. The molecule has 28 heteroatoms. The molecule has 3 aliphatic carbocycles. The van der Waals surface area contributed by atoms with Crippen molar-refractivity contribution in [3.63, 3.8) is 0 Å². The van der Waals surface area contributed by atoms with Crippen LogP contribution in [-0.4, -0.2) is 105 Å². The Bertz CT molecular complexity index is 6580. The van der Waals surface area contributed by atoms with Gasteiger partial charge in [0.1, 0.15) is 6.10 Å². The van der Waals surface area contributed by atoms with Gasteiger partial charge in [-0.05, 0) is 261 Å². The van der Waals surface area contributed by atoms with Crippen molar-refractivity contribution in [2.24, 2.45) is 5.73 Å². The number of hydrogen-bond donors (Lipinski definition) is 6. The minimum Gasteiger partial charge on any atom is -0.857 e. The maximum absolute atomic E-state index is 12.4. The van der Waals surface area contributed by atoms with Crippen LogP contribution in [0.25, 0.3) is 12.2 Å². The van der Waals surface area contributed by atoms with Crippen molar-refractivity contribution >= 4 is 217 Å². The fourth-order valence-corrected chi connectivity index (χ4v) is 19.9. The predicted octanol–water partition coefficient (Wildman–Crippen LogP) is 25.6. The number of nitrogens with one attached hydrogen (secondary N) is 1. The molecule has 14 nitrogen and oxygen atoms in total. The van der Waals surface area contributed by atoms with Crippen molar-refractivity contribution in [1.29, 1.82) is 0 Å². The summed E-state index contributed by atoms with van der Waals surface area (Å²) in [7, 11) is 15.1. The number of ether oxygens (including phenoxy) is 1. The van der Waals surface area contributed by atoms with E-state index in [0.717, 1.165) is 117 Å². The Labute approximate surface area is 933 Å². The van der Waals surface area contributed by atoms with Crippen LogP contribution in [0.4, 0.5) is 4.79 Å². The fourth-order valence-electron chi connectivity index (χ4n) is 16.2.